The van der Waals surface area contributed by atoms with E-state index in [9.17, 15) is 14.4 Å². The third-order valence-electron chi connectivity index (χ3n) is 2.42. The molecule has 20 heavy (non-hydrogen) atoms. The first-order valence-electron chi connectivity index (χ1n) is 6.10. The van der Waals surface area contributed by atoms with Crippen molar-refractivity contribution in [1.29, 1.82) is 0 Å². The van der Waals surface area contributed by atoms with E-state index in [1.807, 2.05) is 0 Å². The fourth-order valence-electron chi connectivity index (χ4n) is 1.42. The number of benzene rings is 1. The fourth-order valence-corrected chi connectivity index (χ4v) is 1.42. The van der Waals surface area contributed by atoms with Crippen LogP contribution < -0.4 is 0 Å². The molecule has 0 aromatic heterocycles. The van der Waals surface area contributed by atoms with Gasteiger partial charge >= 0.3 is 17.9 Å². The summed E-state index contributed by atoms with van der Waals surface area (Å²) < 4.78 is 14.3. The maximum absolute atomic E-state index is 11.8. The highest BCUT2D eigenvalue weighted by Gasteiger charge is 2.18. The number of hydrogen-bond donors (Lipinski definition) is 0. The lowest BCUT2D eigenvalue weighted by Crippen LogP contribution is -2.16. The first kappa shape index (κ1) is 15.7. The summed E-state index contributed by atoms with van der Waals surface area (Å²) in [5.74, 6) is -1.65. The molecule has 0 radical (unpaired) electrons. The van der Waals surface area contributed by atoms with E-state index in [1.165, 1.54) is 19.2 Å². The molecule has 1 rings (SSSR count). The summed E-state index contributed by atoms with van der Waals surface area (Å²) in [5.41, 5.74) is 0.242. The second kappa shape index (κ2) is 7.93. The number of rotatable bonds is 6. The van der Waals surface area contributed by atoms with E-state index in [1.54, 1.807) is 19.1 Å². The highest BCUT2D eigenvalue weighted by Crippen LogP contribution is 2.11. The maximum atomic E-state index is 11.8. The number of carbonyl (C=O) groups is 3. The third kappa shape index (κ3) is 4.38. The van der Waals surface area contributed by atoms with Gasteiger partial charge in [0, 0.05) is 6.42 Å². The van der Waals surface area contributed by atoms with Gasteiger partial charge in [-0.1, -0.05) is 19.1 Å². The topological polar surface area (TPSA) is 78.9 Å². The van der Waals surface area contributed by atoms with Gasteiger partial charge in [-0.05, 0) is 12.1 Å². The van der Waals surface area contributed by atoms with Crippen LogP contribution in [-0.4, -0.2) is 38.2 Å². The van der Waals surface area contributed by atoms with Crippen molar-refractivity contribution in [2.75, 3.05) is 20.3 Å². The van der Waals surface area contributed by atoms with Crippen molar-refractivity contribution in [3.63, 3.8) is 0 Å². The molecule has 0 unspecified atom stereocenters. The molecule has 0 saturated carbocycles. The van der Waals surface area contributed by atoms with E-state index >= 15 is 0 Å². The van der Waals surface area contributed by atoms with Crippen LogP contribution in [0.2, 0.25) is 0 Å². The zero-order valence-electron chi connectivity index (χ0n) is 11.4. The van der Waals surface area contributed by atoms with Gasteiger partial charge in [0.25, 0.3) is 0 Å². The molecule has 0 aliphatic carbocycles. The van der Waals surface area contributed by atoms with Gasteiger partial charge in [0.1, 0.15) is 13.2 Å². The number of carbonyl (C=O) groups excluding carboxylic acids is 3. The number of hydrogen-bond acceptors (Lipinski definition) is 6. The lowest BCUT2D eigenvalue weighted by molar-refractivity contribution is -0.144. The van der Waals surface area contributed by atoms with Crippen molar-refractivity contribution in [2.45, 2.75) is 13.3 Å². The predicted octanol–water partition coefficient (Wildman–Crippen LogP) is 1.58. The number of methoxy groups -OCH3 is 1. The van der Waals surface area contributed by atoms with Gasteiger partial charge in [-0.2, -0.15) is 0 Å². The van der Waals surface area contributed by atoms with E-state index < -0.39 is 11.9 Å². The van der Waals surface area contributed by atoms with E-state index in [4.69, 9.17) is 9.47 Å². The van der Waals surface area contributed by atoms with Crippen molar-refractivity contribution < 1.29 is 28.6 Å². The Morgan fingerprint density at radius 1 is 0.950 bits per heavy atom. The van der Waals surface area contributed by atoms with Gasteiger partial charge in [-0.15, -0.1) is 0 Å². The molecular formula is C14H16O6. The molecule has 108 valence electrons. The summed E-state index contributed by atoms with van der Waals surface area (Å²) >= 11 is 0. The predicted molar refractivity (Wildman–Crippen MR) is 69.3 cm³/mol. The average molecular weight is 280 g/mol. The van der Waals surface area contributed by atoms with E-state index in [0.29, 0.717) is 0 Å². The van der Waals surface area contributed by atoms with Crippen LogP contribution in [0.1, 0.15) is 34.1 Å². The molecule has 0 heterocycles. The Morgan fingerprint density at radius 2 is 1.50 bits per heavy atom. The molecule has 0 aliphatic rings. The minimum Gasteiger partial charge on any atom is -0.465 e. The van der Waals surface area contributed by atoms with Crippen LogP contribution in [0.3, 0.4) is 0 Å². The number of ether oxygens (including phenoxy) is 3. The molecular weight excluding hydrogens is 264 g/mol. The molecule has 0 saturated heterocycles. The van der Waals surface area contributed by atoms with Crippen molar-refractivity contribution in [1.82, 2.24) is 0 Å². The van der Waals surface area contributed by atoms with E-state index in [-0.39, 0.29) is 36.7 Å². The van der Waals surface area contributed by atoms with Gasteiger partial charge < -0.3 is 14.2 Å². The summed E-state index contributed by atoms with van der Waals surface area (Å²) in [6, 6.07) is 6.17. The van der Waals surface area contributed by atoms with Crippen molar-refractivity contribution in [2.24, 2.45) is 0 Å². The maximum Gasteiger partial charge on any atom is 0.339 e. The minimum absolute atomic E-state index is 0.0151. The quantitative estimate of drug-likeness (QED) is 0.447. The summed E-state index contributed by atoms with van der Waals surface area (Å²) in [4.78, 5) is 34.2. The first-order valence-corrected chi connectivity index (χ1v) is 6.10. The summed E-state index contributed by atoms with van der Waals surface area (Å²) in [5, 5.41) is 0. The fraction of sp³-hybridized carbons (Fsp3) is 0.357. The Labute approximate surface area is 116 Å². The van der Waals surface area contributed by atoms with Gasteiger partial charge in [0.2, 0.25) is 0 Å². The Hall–Kier alpha value is -2.37. The highest BCUT2D eigenvalue weighted by molar-refractivity contribution is 6.03. The van der Waals surface area contributed by atoms with Crippen molar-refractivity contribution >= 4 is 17.9 Å². The van der Waals surface area contributed by atoms with Crippen molar-refractivity contribution in [3.8, 4) is 0 Å². The van der Waals surface area contributed by atoms with Crippen LogP contribution in [0, 0.1) is 0 Å². The van der Waals surface area contributed by atoms with Gasteiger partial charge in [-0.25, -0.2) is 9.59 Å². The average Bonchev–Trinajstić information content (AvgIpc) is 2.50. The third-order valence-corrected chi connectivity index (χ3v) is 2.42. The standard InChI is InChI=1S/C14H16O6/c1-3-12(15)19-8-9-20-14(17)11-7-5-4-6-10(11)13(16)18-2/h4-7H,3,8-9H2,1-2H3. The molecule has 0 amide bonds. The molecule has 0 spiro atoms. The Morgan fingerprint density at radius 3 is 2.05 bits per heavy atom. The second-order valence-electron chi connectivity index (χ2n) is 3.75. The Balaban J connectivity index is 2.60. The van der Waals surface area contributed by atoms with Crippen LogP contribution in [0.25, 0.3) is 0 Å². The molecule has 0 N–H and O–H groups in total. The largest absolute Gasteiger partial charge is 0.465 e. The van der Waals surface area contributed by atoms with E-state index in [2.05, 4.69) is 4.74 Å². The number of esters is 3. The first-order chi connectivity index (χ1) is 9.60. The molecule has 6 heteroatoms. The molecule has 0 bridgehead atoms. The molecule has 1 aromatic rings. The Kier molecular flexibility index (Phi) is 6.22. The lowest BCUT2D eigenvalue weighted by Gasteiger charge is -2.08. The van der Waals surface area contributed by atoms with E-state index in [0.717, 1.165) is 0 Å². The molecule has 1 aromatic carbocycles. The van der Waals surface area contributed by atoms with Crippen LogP contribution in [0.4, 0.5) is 0 Å². The van der Waals surface area contributed by atoms with Gasteiger partial charge in [0.05, 0.1) is 18.2 Å². The minimum atomic E-state index is -0.668. The zero-order valence-corrected chi connectivity index (χ0v) is 11.4. The summed E-state index contributed by atoms with van der Waals surface area (Å²) in [6.45, 7) is 1.58. The zero-order chi connectivity index (χ0) is 15.0. The van der Waals surface area contributed by atoms with Crippen LogP contribution >= 0.6 is 0 Å². The van der Waals surface area contributed by atoms with Crippen LogP contribution in [0.15, 0.2) is 24.3 Å². The Bertz CT molecular complexity index is 494. The highest BCUT2D eigenvalue weighted by atomic mass is 16.6. The summed E-state index contributed by atoms with van der Waals surface area (Å²) in [6.07, 6.45) is 0.263. The molecule has 0 aliphatic heterocycles. The van der Waals surface area contributed by atoms with Crippen molar-refractivity contribution in [3.05, 3.63) is 35.4 Å². The SMILES string of the molecule is CCC(=O)OCCOC(=O)c1ccccc1C(=O)OC. The van der Waals surface area contributed by atoms with Gasteiger partial charge in [0.15, 0.2) is 0 Å². The second-order valence-corrected chi connectivity index (χ2v) is 3.75. The smallest absolute Gasteiger partial charge is 0.339 e. The van der Waals surface area contributed by atoms with Gasteiger partial charge in [-0.3, -0.25) is 4.79 Å². The van der Waals surface area contributed by atoms with Crippen LogP contribution in [-0.2, 0) is 19.0 Å². The molecule has 0 fully saturated rings. The van der Waals surface area contributed by atoms with Crippen LogP contribution in [0.5, 0.6) is 0 Å². The molecule has 0 atom stereocenters. The monoisotopic (exact) mass is 280 g/mol. The molecule has 6 nitrogen and oxygen atoms in total. The normalized spacial score (nSPS) is 9.70. The lowest BCUT2D eigenvalue weighted by atomic mass is 10.1. The summed E-state index contributed by atoms with van der Waals surface area (Å²) in [7, 11) is 1.23.